The number of nitrogens with one attached hydrogen (secondary N) is 1. The third-order valence-electron chi connectivity index (χ3n) is 2.49. The molecule has 1 aromatic carbocycles. The maximum Gasteiger partial charge on any atom is 0.165 e. The van der Waals surface area contributed by atoms with Gasteiger partial charge in [0.25, 0.3) is 0 Å². The standard InChI is InChI=1S/C14H22FNO2/c1-10(2)16-8-12(9-17-4)18-14-7-11(3)5-6-13(14)15/h5-7,10,12,16H,8-9H2,1-4H3. The van der Waals surface area contributed by atoms with Crippen LogP contribution in [0.1, 0.15) is 19.4 Å². The van der Waals surface area contributed by atoms with Crippen molar-refractivity contribution in [1.82, 2.24) is 5.32 Å². The highest BCUT2D eigenvalue weighted by molar-refractivity contribution is 5.29. The van der Waals surface area contributed by atoms with Gasteiger partial charge in [-0.3, -0.25) is 0 Å². The average Bonchev–Trinajstić information content (AvgIpc) is 2.31. The Morgan fingerprint density at radius 3 is 2.67 bits per heavy atom. The van der Waals surface area contributed by atoms with E-state index >= 15 is 0 Å². The van der Waals surface area contributed by atoms with Crippen LogP contribution in [0.25, 0.3) is 0 Å². The molecule has 1 rings (SSSR count). The molecule has 0 spiro atoms. The molecule has 0 saturated carbocycles. The summed E-state index contributed by atoms with van der Waals surface area (Å²) in [4.78, 5) is 0. The van der Waals surface area contributed by atoms with E-state index in [-0.39, 0.29) is 17.7 Å². The van der Waals surface area contributed by atoms with Gasteiger partial charge in [0.15, 0.2) is 11.6 Å². The summed E-state index contributed by atoms with van der Waals surface area (Å²) in [7, 11) is 1.61. The monoisotopic (exact) mass is 255 g/mol. The zero-order chi connectivity index (χ0) is 13.5. The van der Waals surface area contributed by atoms with Gasteiger partial charge < -0.3 is 14.8 Å². The highest BCUT2D eigenvalue weighted by atomic mass is 19.1. The first-order chi connectivity index (χ1) is 8.52. The summed E-state index contributed by atoms with van der Waals surface area (Å²) >= 11 is 0. The van der Waals surface area contributed by atoms with Crippen LogP contribution in [0.3, 0.4) is 0 Å². The Morgan fingerprint density at radius 2 is 2.06 bits per heavy atom. The summed E-state index contributed by atoms with van der Waals surface area (Å²) in [5.41, 5.74) is 0.972. The number of halogens is 1. The average molecular weight is 255 g/mol. The van der Waals surface area contributed by atoms with Gasteiger partial charge in [-0.15, -0.1) is 0 Å². The van der Waals surface area contributed by atoms with E-state index in [1.165, 1.54) is 6.07 Å². The van der Waals surface area contributed by atoms with Gasteiger partial charge in [-0.05, 0) is 24.6 Å². The Kier molecular flexibility index (Phi) is 6.09. The first-order valence-corrected chi connectivity index (χ1v) is 6.18. The number of hydrogen-bond acceptors (Lipinski definition) is 3. The van der Waals surface area contributed by atoms with E-state index in [4.69, 9.17) is 9.47 Å². The number of hydrogen-bond donors (Lipinski definition) is 1. The van der Waals surface area contributed by atoms with Crippen molar-refractivity contribution in [2.75, 3.05) is 20.3 Å². The van der Waals surface area contributed by atoms with Crippen molar-refractivity contribution < 1.29 is 13.9 Å². The molecule has 3 nitrogen and oxygen atoms in total. The van der Waals surface area contributed by atoms with Gasteiger partial charge in [0.05, 0.1) is 6.61 Å². The lowest BCUT2D eigenvalue weighted by Crippen LogP contribution is -2.38. The van der Waals surface area contributed by atoms with Gasteiger partial charge in [0.1, 0.15) is 6.10 Å². The number of aryl methyl sites for hydroxylation is 1. The molecule has 0 aliphatic heterocycles. The van der Waals surface area contributed by atoms with Crippen LogP contribution in [0, 0.1) is 12.7 Å². The molecule has 18 heavy (non-hydrogen) atoms. The molecule has 1 atom stereocenters. The molecule has 0 fully saturated rings. The van der Waals surface area contributed by atoms with Gasteiger partial charge >= 0.3 is 0 Å². The highest BCUT2D eigenvalue weighted by Crippen LogP contribution is 2.19. The quantitative estimate of drug-likeness (QED) is 0.812. The topological polar surface area (TPSA) is 30.5 Å². The smallest absolute Gasteiger partial charge is 0.165 e. The lowest BCUT2D eigenvalue weighted by atomic mass is 10.2. The minimum absolute atomic E-state index is 0.200. The Balaban J connectivity index is 2.66. The molecule has 1 aromatic rings. The Labute approximate surface area is 108 Å². The van der Waals surface area contributed by atoms with Crippen LogP contribution in [0.4, 0.5) is 4.39 Å². The Morgan fingerprint density at radius 1 is 1.33 bits per heavy atom. The largest absolute Gasteiger partial charge is 0.484 e. The minimum Gasteiger partial charge on any atom is -0.484 e. The third-order valence-corrected chi connectivity index (χ3v) is 2.49. The Bertz CT molecular complexity index is 369. The van der Waals surface area contributed by atoms with E-state index in [9.17, 15) is 4.39 Å². The van der Waals surface area contributed by atoms with Gasteiger partial charge in [0, 0.05) is 19.7 Å². The van der Waals surface area contributed by atoms with Gasteiger partial charge in [-0.25, -0.2) is 4.39 Å². The van der Waals surface area contributed by atoms with E-state index in [0.717, 1.165) is 5.56 Å². The fraction of sp³-hybridized carbons (Fsp3) is 0.571. The molecule has 0 aromatic heterocycles. The molecule has 0 amide bonds. The summed E-state index contributed by atoms with van der Waals surface area (Å²) in [6.45, 7) is 7.06. The lowest BCUT2D eigenvalue weighted by Gasteiger charge is -2.20. The number of ether oxygens (including phenoxy) is 2. The van der Waals surface area contributed by atoms with Crippen LogP contribution in [-0.4, -0.2) is 32.4 Å². The number of rotatable bonds is 7. The minimum atomic E-state index is -0.341. The molecular formula is C14H22FNO2. The zero-order valence-electron chi connectivity index (χ0n) is 11.5. The summed E-state index contributed by atoms with van der Waals surface area (Å²) in [5, 5.41) is 3.26. The predicted molar refractivity (Wildman–Crippen MR) is 70.6 cm³/mol. The van der Waals surface area contributed by atoms with Crippen LogP contribution >= 0.6 is 0 Å². The molecule has 0 radical (unpaired) electrons. The number of benzene rings is 1. The van der Waals surface area contributed by atoms with Crippen molar-refractivity contribution in [3.05, 3.63) is 29.6 Å². The van der Waals surface area contributed by atoms with Crippen molar-refractivity contribution in [3.63, 3.8) is 0 Å². The van der Waals surface area contributed by atoms with Crippen LogP contribution in [-0.2, 0) is 4.74 Å². The van der Waals surface area contributed by atoms with Crippen molar-refractivity contribution >= 4 is 0 Å². The maximum atomic E-state index is 13.6. The molecule has 0 aliphatic rings. The molecule has 0 bridgehead atoms. The summed E-state index contributed by atoms with van der Waals surface area (Å²) in [5.74, 6) is -0.0612. The fourth-order valence-electron chi connectivity index (χ4n) is 1.57. The molecule has 0 saturated heterocycles. The lowest BCUT2D eigenvalue weighted by molar-refractivity contribution is 0.0767. The van der Waals surface area contributed by atoms with E-state index in [0.29, 0.717) is 19.2 Å². The molecule has 0 aliphatic carbocycles. The zero-order valence-corrected chi connectivity index (χ0v) is 11.5. The van der Waals surface area contributed by atoms with Crippen molar-refractivity contribution in [2.45, 2.75) is 32.9 Å². The predicted octanol–water partition coefficient (Wildman–Crippen LogP) is 2.53. The summed E-state index contributed by atoms with van der Waals surface area (Å²) in [6.07, 6.45) is -0.200. The van der Waals surface area contributed by atoms with E-state index in [1.54, 1.807) is 19.2 Å². The first kappa shape index (κ1) is 14.9. The maximum absolute atomic E-state index is 13.6. The second-order valence-corrected chi connectivity index (χ2v) is 4.69. The fourth-order valence-corrected chi connectivity index (χ4v) is 1.57. The third kappa shape index (κ3) is 5.02. The Hall–Kier alpha value is -1.13. The van der Waals surface area contributed by atoms with Gasteiger partial charge in [-0.1, -0.05) is 19.9 Å². The normalized spacial score (nSPS) is 12.8. The molecule has 1 unspecified atom stereocenters. The second kappa shape index (κ2) is 7.34. The second-order valence-electron chi connectivity index (χ2n) is 4.69. The van der Waals surface area contributed by atoms with E-state index in [2.05, 4.69) is 19.2 Å². The molecule has 102 valence electrons. The van der Waals surface area contributed by atoms with Crippen molar-refractivity contribution in [1.29, 1.82) is 0 Å². The molecule has 0 heterocycles. The van der Waals surface area contributed by atoms with Crippen LogP contribution < -0.4 is 10.1 Å². The van der Waals surface area contributed by atoms with E-state index < -0.39 is 0 Å². The molecule has 1 N–H and O–H groups in total. The van der Waals surface area contributed by atoms with Gasteiger partial charge in [-0.2, -0.15) is 0 Å². The highest BCUT2D eigenvalue weighted by Gasteiger charge is 2.13. The van der Waals surface area contributed by atoms with Crippen LogP contribution in [0.15, 0.2) is 18.2 Å². The summed E-state index contributed by atoms with van der Waals surface area (Å²) < 4.78 is 24.3. The molecular weight excluding hydrogens is 233 g/mol. The van der Waals surface area contributed by atoms with Gasteiger partial charge in [0.2, 0.25) is 0 Å². The summed E-state index contributed by atoms with van der Waals surface area (Å²) in [6, 6.07) is 5.20. The number of methoxy groups -OCH3 is 1. The SMILES string of the molecule is COCC(CNC(C)C)Oc1cc(C)ccc1F. The van der Waals surface area contributed by atoms with Crippen LogP contribution in [0.5, 0.6) is 5.75 Å². The van der Waals surface area contributed by atoms with Crippen molar-refractivity contribution in [2.24, 2.45) is 0 Å². The van der Waals surface area contributed by atoms with Crippen LogP contribution in [0.2, 0.25) is 0 Å². The molecule has 4 heteroatoms. The first-order valence-electron chi connectivity index (χ1n) is 6.18. The van der Waals surface area contributed by atoms with E-state index in [1.807, 2.05) is 6.92 Å². The van der Waals surface area contributed by atoms with Crippen molar-refractivity contribution in [3.8, 4) is 5.75 Å².